The molecule has 1 saturated carbocycles. The number of nitrogens with zero attached hydrogens (tertiary/aromatic N) is 1. The van der Waals surface area contributed by atoms with Crippen LogP contribution in [-0.2, 0) is 26.2 Å². The first kappa shape index (κ1) is 24.7. The molecule has 4 aliphatic rings. The molecule has 5 heteroatoms. The molecule has 1 heterocycles. The van der Waals surface area contributed by atoms with E-state index in [1.165, 1.54) is 34.9 Å². The van der Waals surface area contributed by atoms with E-state index in [4.69, 9.17) is 9.47 Å². The molecule has 3 aromatic carbocycles. The Bertz CT molecular complexity index is 1430. The number of benzene rings is 3. The number of likely N-dealkylation sites (tertiary alicyclic amines) is 1. The number of para-hydroxylation sites is 1. The molecule has 4 unspecified atom stereocenters. The highest BCUT2D eigenvalue weighted by Crippen LogP contribution is 2.69. The van der Waals surface area contributed by atoms with Crippen LogP contribution in [0.25, 0.3) is 0 Å². The molecule has 2 fully saturated rings. The van der Waals surface area contributed by atoms with Gasteiger partial charge in [0.05, 0.1) is 26.1 Å². The molecule has 1 aliphatic heterocycles. The molecular formula is C33H35NO4. The summed E-state index contributed by atoms with van der Waals surface area (Å²) in [4.78, 5) is 29.7. The molecule has 2 bridgehead atoms. The van der Waals surface area contributed by atoms with E-state index in [9.17, 15) is 9.59 Å². The second-order valence-electron chi connectivity index (χ2n) is 11.3. The van der Waals surface area contributed by atoms with Crippen molar-refractivity contribution >= 4 is 11.9 Å². The number of hydrogen-bond acceptors (Lipinski definition) is 4. The van der Waals surface area contributed by atoms with Gasteiger partial charge in [0, 0.05) is 35.9 Å². The molecule has 7 rings (SSSR count). The zero-order valence-electron chi connectivity index (χ0n) is 22.6. The van der Waals surface area contributed by atoms with Gasteiger partial charge in [-0.3, -0.25) is 9.59 Å². The highest BCUT2D eigenvalue weighted by Gasteiger charge is 2.71. The van der Waals surface area contributed by atoms with E-state index >= 15 is 0 Å². The molecule has 5 nitrogen and oxygen atoms in total. The lowest BCUT2D eigenvalue weighted by Gasteiger charge is -2.59. The molecular weight excluding hydrogens is 474 g/mol. The second-order valence-corrected chi connectivity index (χ2v) is 11.3. The highest BCUT2D eigenvalue weighted by molar-refractivity contribution is 5.86. The number of ether oxygens (including phenoxy) is 2. The van der Waals surface area contributed by atoms with Crippen molar-refractivity contribution in [2.24, 2.45) is 11.3 Å². The van der Waals surface area contributed by atoms with E-state index in [2.05, 4.69) is 56.3 Å². The molecule has 1 amide bonds. The van der Waals surface area contributed by atoms with Crippen molar-refractivity contribution in [3.63, 3.8) is 0 Å². The Balaban J connectivity index is 1.50. The highest BCUT2D eigenvalue weighted by atomic mass is 16.5. The van der Waals surface area contributed by atoms with Crippen LogP contribution in [-0.4, -0.2) is 44.1 Å². The van der Waals surface area contributed by atoms with Crippen LogP contribution in [0.1, 0.15) is 52.1 Å². The Morgan fingerprint density at radius 1 is 0.974 bits per heavy atom. The number of methoxy groups -OCH3 is 2. The van der Waals surface area contributed by atoms with Crippen LogP contribution in [0.15, 0.2) is 66.7 Å². The number of carbonyl (C=O) groups excluding carboxylic acids is 2. The lowest BCUT2D eigenvalue weighted by molar-refractivity contribution is -0.161. The van der Waals surface area contributed by atoms with Gasteiger partial charge in [0.1, 0.15) is 5.75 Å². The molecule has 3 aliphatic carbocycles. The van der Waals surface area contributed by atoms with E-state index in [1.54, 1.807) is 7.11 Å². The number of rotatable bonds is 5. The first-order valence-electron chi connectivity index (χ1n) is 13.5. The maximum atomic E-state index is 13.9. The maximum Gasteiger partial charge on any atom is 0.314 e. The lowest BCUT2D eigenvalue weighted by Crippen LogP contribution is -2.60. The van der Waals surface area contributed by atoms with Crippen LogP contribution in [0.3, 0.4) is 0 Å². The molecule has 0 radical (unpaired) electrons. The summed E-state index contributed by atoms with van der Waals surface area (Å²) in [6, 6.07) is 23.0. The summed E-state index contributed by atoms with van der Waals surface area (Å²) < 4.78 is 11.1. The zero-order chi connectivity index (χ0) is 26.7. The normalized spacial score (nSPS) is 27.0. The zero-order valence-corrected chi connectivity index (χ0v) is 22.6. The van der Waals surface area contributed by atoms with Crippen LogP contribution in [0.5, 0.6) is 5.75 Å². The van der Waals surface area contributed by atoms with Crippen LogP contribution in [0.4, 0.5) is 0 Å². The van der Waals surface area contributed by atoms with Crippen molar-refractivity contribution in [2.75, 3.05) is 27.3 Å². The van der Waals surface area contributed by atoms with E-state index in [-0.39, 0.29) is 35.5 Å². The molecule has 4 atom stereocenters. The summed E-state index contributed by atoms with van der Waals surface area (Å²) >= 11 is 0. The van der Waals surface area contributed by atoms with Crippen molar-refractivity contribution in [2.45, 2.75) is 44.4 Å². The maximum absolute atomic E-state index is 13.9. The Kier molecular flexibility index (Phi) is 5.86. The van der Waals surface area contributed by atoms with Gasteiger partial charge in [0.15, 0.2) is 0 Å². The SMILES string of the molecule is COC(=O)C12CN(C(=O)Cc3ccccc3OC)CC1C1(c3ccc(C)c(C)c3)CCC2c2ccccc21. The minimum Gasteiger partial charge on any atom is -0.496 e. The molecule has 1 saturated heterocycles. The fourth-order valence-corrected chi connectivity index (χ4v) is 7.96. The van der Waals surface area contributed by atoms with Gasteiger partial charge in [-0.15, -0.1) is 0 Å². The molecule has 3 aromatic rings. The van der Waals surface area contributed by atoms with Gasteiger partial charge in [0.25, 0.3) is 0 Å². The van der Waals surface area contributed by atoms with Gasteiger partial charge in [-0.1, -0.05) is 60.7 Å². The quantitative estimate of drug-likeness (QED) is 0.435. The van der Waals surface area contributed by atoms with Crippen LogP contribution in [0.2, 0.25) is 0 Å². The predicted molar refractivity (Wildman–Crippen MR) is 146 cm³/mol. The van der Waals surface area contributed by atoms with Crippen molar-refractivity contribution in [3.8, 4) is 5.75 Å². The first-order chi connectivity index (χ1) is 18.4. The van der Waals surface area contributed by atoms with E-state index < -0.39 is 5.41 Å². The third kappa shape index (κ3) is 3.30. The number of esters is 1. The number of carbonyl (C=O) groups is 2. The van der Waals surface area contributed by atoms with Crippen molar-refractivity contribution in [1.82, 2.24) is 4.90 Å². The minimum atomic E-state index is -0.781. The van der Waals surface area contributed by atoms with Gasteiger partial charge in [-0.25, -0.2) is 0 Å². The van der Waals surface area contributed by atoms with Crippen molar-refractivity contribution < 1.29 is 19.1 Å². The summed E-state index contributed by atoms with van der Waals surface area (Å²) in [5, 5.41) is 0. The summed E-state index contributed by atoms with van der Waals surface area (Å²) in [5.74, 6) is 0.487. The van der Waals surface area contributed by atoms with Gasteiger partial charge in [-0.05, 0) is 60.6 Å². The number of fused-ring (bicyclic) bond motifs is 1. The third-order valence-electron chi connectivity index (χ3n) is 9.81. The van der Waals surface area contributed by atoms with Gasteiger partial charge in [-0.2, -0.15) is 0 Å². The summed E-state index contributed by atoms with van der Waals surface area (Å²) in [6.07, 6.45) is 2.08. The fraction of sp³-hybridized carbons (Fsp3) is 0.394. The van der Waals surface area contributed by atoms with E-state index in [1.807, 2.05) is 29.2 Å². The molecule has 196 valence electrons. The molecule has 38 heavy (non-hydrogen) atoms. The van der Waals surface area contributed by atoms with Crippen LogP contribution in [0, 0.1) is 25.2 Å². The summed E-state index contributed by atoms with van der Waals surface area (Å²) in [6.45, 7) is 5.20. The topological polar surface area (TPSA) is 55.8 Å². The molecule has 0 aromatic heterocycles. The Labute approximate surface area is 224 Å². The average molecular weight is 510 g/mol. The van der Waals surface area contributed by atoms with Gasteiger partial charge >= 0.3 is 5.97 Å². The predicted octanol–water partition coefficient (Wildman–Crippen LogP) is 5.35. The lowest BCUT2D eigenvalue weighted by atomic mass is 9.42. The number of hydrogen-bond donors (Lipinski definition) is 0. The summed E-state index contributed by atoms with van der Waals surface area (Å²) in [7, 11) is 3.12. The average Bonchev–Trinajstić information content (AvgIpc) is 3.38. The second kappa shape index (κ2) is 9.00. The van der Waals surface area contributed by atoms with E-state index in [0.717, 1.165) is 18.4 Å². The molecule has 0 N–H and O–H groups in total. The largest absolute Gasteiger partial charge is 0.496 e. The van der Waals surface area contributed by atoms with Crippen molar-refractivity contribution in [3.05, 3.63) is 100 Å². The Morgan fingerprint density at radius 2 is 1.74 bits per heavy atom. The minimum absolute atomic E-state index is 0.0193. The summed E-state index contributed by atoms with van der Waals surface area (Å²) in [5.41, 5.74) is 5.99. The van der Waals surface area contributed by atoms with E-state index in [0.29, 0.717) is 18.8 Å². The van der Waals surface area contributed by atoms with Crippen LogP contribution < -0.4 is 4.74 Å². The molecule has 0 spiro atoms. The Hall–Kier alpha value is -3.60. The first-order valence-corrected chi connectivity index (χ1v) is 13.5. The smallest absolute Gasteiger partial charge is 0.314 e. The van der Waals surface area contributed by atoms with Gasteiger partial charge in [0.2, 0.25) is 5.91 Å². The Morgan fingerprint density at radius 3 is 2.50 bits per heavy atom. The van der Waals surface area contributed by atoms with Gasteiger partial charge < -0.3 is 14.4 Å². The third-order valence-corrected chi connectivity index (χ3v) is 9.81. The number of aryl methyl sites for hydroxylation is 2. The van der Waals surface area contributed by atoms with Crippen molar-refractivity contribution in [1.29, 1.82) is 0 Å². The monoisotopic (exact) mass is 509 g/mol. The standard InChI is InChI=1S/C33H35NO4/c1-21-13-14-24(17-22(21)2)32-16-15-27(25-10-6-7-11-26(25)32)33(31(36)38-4)20-34(19-29(32)33)30(35)18-23-9-5-8-12-28(23)37-3/h5-14,17,27,29H,15-16,18-20H2,1-4H3. The number of amides is 1. The van der Waals surface area contributed by atoms with Crippen LogP contribution >= 0.6 is 0 Å². The fourth-order valence-electron chi connectivity index (χ4n) is 7.96.